The maximum atomic E-state index is 12.2. The zero-order chi connectivity index (χ0) is 13.0. The van der Waals surface area contributed by atoms with Gasteiger partial charge in [-0.15, -0.1) is 0 Å². The quantitative estimate of drug-likeness (QED) is 0.763. The fraction of sp³-hybridized carbons (Fsp3) is 0.667. The Labute approximate surface area is 101 Å². The Morgan fingerprint density at radius 1 is 1.53 bits per heavy atom. The standard InChI is InChI=1S/C12H20N2O3/c1-5-8(6-2)11(15)12(16)10-9(17-4)7-13-14(10)3/h7-8,11,15H,5-6H2,1-4H3. The number of hydrogen-bond donors (Lipinski definition) is 1. The molecular weight excluding hydrogens is 220 g/mol. The average Bonchev–Trinajstić information content (AvgIpc) is 2.70. The molecule has 1 aromatic rings. The van der Waals surface area contributed by atoms with Crippen LogP contribution < -0.4 is 4.74 Å². The van der Waals surface area contributed by atoms with Crippen molar-refractivity contribution in [2.75, 3.05) is 7.11 Å². The van der Waals surface area contributed by atoms with Crippen molar-refractivity contribution in [2.45, 2.75) is 32.8 Å². The van der Waals surface area contributed by atoms with Crippen molar-refractivity contribution in [3.05, 3.63) is 11.9 Å². The average molecular weight is 240 g/mol. The van der Waals surface area contributed by atoms with E-state index in [2.05, 4.69) is 5.10 Å². The van der Waals surface area contributed by atoms with Gasteiger partial charge in [0.1, 0.15) is 11.8 Å². The highest BCUT2D eigenvalue weighted by Crippen LogP contribution is 2.23. The van der Waals surface area contributed by atoms with Gasteiger partial charge < -0.3 is 9.84 Å². The summed E-state index contributed by atoms with van der Waals surface area (Å²) in [5, 5.41) is 14.0. The van der Waals surface area contributed by atoms with Crippen LogP contribution in [0.4, 0.5) is 0 Å². The van der Waals surface area contributed by atoms with Crippen molar-refractivity contribution < 1.29 is 14.6 Å². The van der Waals surface area contributed by atoms with E-state index in [1.807, 2.05) is 13.8 Å². The van der Waals surface area contributed by atoms with Crippen molar-refractivity contribution in [3.8, 4) is 5.75 Å². The van der Waals surface area contributed by atoms with Gasteiger partial charge in [0, 0.05) is 7.05 Å². The van der Waals surface area contributed by atoms with Crippen LogP contribution in [0.3, 0.4) is 0 Å². The molecule has 0 bridgehead atoms. The number of aromatic nitrogens is 2. The molecule has 1 aromatic heterocycles. The van der Waals surface area contributed by atoms with Crippen LogP contribution >= 0.6 is 0 Å². The molecule has 0 aliphatic carbocycles. The lowest BCUT2D eigenvalue weighted by Gasteiger charge is -2.19. The van der Waals surface area contributed by atoms with Gasteiger partial charge in [0.15, 0.2) is 5.75 Å². The first-order valence-electron chi connectivity index (χ1n) is 5.85. The summed E-state index contributed by atoms with van der Waals surface area (Å²) in [7, 11) is 3.15. The Balaban J connectivity index is 2.99. The van der Waals surface area contributed by atoms with Crippen molar-refractivity contribution in [1.29, 1.82) is 0 Å². The van der Waals surface area contributed by atoms with E-state index in [1.165, 1.54) is 18.0 Å². The minimum Gasteiger partial charge on any atom is -0.493 e. The molecule has 0 saturated carbocycles. The predicted octanol–water partition coefficient (Wildman–Crippen LogP) is 1.41. The summed E-state index contributed by atoms with van der Waals surface area (Å²) in [6.45, 7) is 3.93. The van der Waals surface area contributed by atoms with Crippen LogP contribution in [0.25, 0.3) is 0 Å². The molecular formula is C12H20N2O3. The van der Waals surface area contributed by atoms with Crippen molar-refractivity contribution in [1.82, 2.24) is 9.78 Å². The number of aryl methyl sites for hydroxylation is 1. The van der Waals surface area contributed by atoms with E-state index in [9.17, 15) is 9.90 Å². The Kier molecular flexibility index (Phi) is 4.69. The smallest absolute Gasteiger partial charge is 0.213 e. The fourth-order valence-corrected chi connectivity index (χ4v) is 1.94. The number of aliphatic hydroxyl groups is 1. The molecule has 0 amide bonds. The first-order valence-corrected chi connectivity index (χ1v) is 5.85. The van der Waals surface area contributed by atoms with Crippen LogP contribution in [0.2, 0.25) is 0 Å². The van der Waals surface area contributed by atoms with Crippen LogP contribution in [-0.2, 0) is 7.05 Å². The molecule has 1 atom stereocenters. The number of ether oxygens (including phenoxy) is 1. The van der Waals surface area contributed by atoms with E-state index in [1.54, 1.807) is 7.05 Å². The molecule has 1 rings (SSSR count). The molecule has 1 unspecified atom stereocenters. The molecule has 0 fully saturated rings. The summed E-state index contributed by atoms with van der Waals surface area (Å²) in [5.41, 5.74) is 0.326. The number of rotatable bonds is 6. The monoisotopic (exact) mass is 240 g/mol. The van der Waals surface area contributed by atoms with Gasteiger partial charge in [-0.1, -0.05) is 26.7 Å². The molecule has 96 valence electrons. The van der Waals surface area contributed by atoms with Crippen LogP contribution in [0.5, 0.6) is 5.75 Å². The first-order chi connectivity index (χ1) is 8.06. The second-order valence-electron chi connectivity index (χ2n) is 4.07. The molecule has 0 spiro atoms. The first kappa shape index (κ1) is 13.7. The summed E-state index contributed by atoms with van der Waals surface area (Å²) in [4.78, 5) is 12.2. The maximum Gasteiger partial charge on any atom is 0.213 e. The summed E-state index contributed by atoms with van der Waals surface area (Å²) in [6, 6.07) is 0. The molecule has 1 heterocycles. The Hall–Kier alpha value is -1.36. The number of hydrogen-bond acceptors (Lipinski definition) is 4. The van der Waals surface area contributed by atoms with Crippen LogP contribution in [0.15, 0.2) is 6.20 Å². The lowest BCUT2D eigenvalue weighted by Crippen LogP contribution is -2.30. The van der Waals surface area contributed by atoms with Crippen molar-refractivity contribution >= 4 is 5.78 Å². The minimum atomic E-state index is -0.991. The molecule has 17 heavy (non-hydrogen) atoms. The highest BCUT2D eigenvalue weighted by molar-refractivity contribution is 6.00. The Bertz CT molecular complexity index is 383. The Morgan fingerprint density at radius 2 is 2.12 bits per heavy atom. The number of carbonyl (C=O) groups is 1. The van der Waals surface area contributed by atoms with Crippen LogP contribution in [-0.4, -0.2) is 33.9 Å². The number of aliphatic hydroxyl groups excluding tert-OH is 1. The summed E-state index contributed by atoms with van der Waals surface area (Å²) < 4.78 is 6.51. The van der Waals surface area contributed by atoms with Gasteiger partial charge in [0.25, 0.3) is 0 Å². The molecule has 0 aromatic carbocycles. The predicted molar refractivity (Wildman–Crippen MR) is 64.2 cm³/mol. The number of carbonyl (C=O) groups excluding carboxylic acids is 1. The zero-order valence-electron chi connectivity index (χ0n) is 10.8. The normalized spacial score (nSPS) is 12.8. The molecule has 1 N–H and O–H groups in total. The third-order valence-corrected chi connectivity index (χ3v) is 3.12. The van der Waals surface area contributed by atoms with Crippen molar-refractivity contribution in [2.24, 2.45) is 13.0 Å². The van der Waals surface area contributed by atoms with Crippen LogP contribution in [0.1, 0.15) is 37.2 Å². The molecule has 0 radical (unpaired) electrons. The van der Waals surface area contributed by atoms with Gasteiger partial charge in [0.2, 0.25) is 5.78 Å². The molecule has 0 aliphatic heterocycles. The van der Waals surface area contributed by atoms with Crippen LogP contribution in [0, 0.1) is 5.92 Å². The second kappa shape index (κ2) is 5.82. The van der Waals surface area contributed by atoms with Gasteiger partial charge in [-0.3, -0.25) is 9.48 Å². The zero-order valence-corrected chi connectivity index (χ0v) is 10.8. The third-order valence-electron chi connectivity index (χ3n) is 3.12. The lowest BCUT2D eigenvalue weighted by molar-refractivity contribution is 0.0575. The lowest BCUT2D eigenvalue weighted by atomic mass is 9.92. The number of Topliss-reactive ketones (excluding diaryl/α,β-unsaturated/α-hetero) is 1. The Morgan fingerprint density at radius 3 is 2.59 bits per heavy atom. The topological polar surface area (TPSA) is 64.3 Å². The van der Waals surface area contributed by atoms with Gasteiger partial charge in [-0.25, -0.2) is 0 Å². The van der Waals surface area contributed by atoms with E-state index in [-0.39, 0.29) is 11.7 Å². The minimum absolute atomic E-state index is 0.0258. The van der Waals surface area contributed by atoms with Gasteiger partial charge in [-0.05, 0) is 5.92 Å². The second-order valence-corrected chi connectivity index (χ2v) is 4.07. The summed E-state index contributed by atoms with van der Waals surface area (Å²) in [6.07, 6.45) is 2.02. The third kappa shape index (κ3) is 2.66. The molecule has 5 nitrogen and oxygen atoms in total. The van der Waals surface area contributed by atoms with E-state index in [0.717, 1.165) is 12.8 Å². The van der Waals surface area contributed by atoms with Gasteiger partial charge in [0.05, 0.1) is 13.3 Å². The van der Waals surface area contributed by atoms with E-state index in [0.29, 0.717) is 11.4 Å². The van der Waals surface area contributed by atoms with E-state index < -0.39 is 6.10 Å². The summed E-state index contributed by atoms with van der Waals surface area (Å²) >= 11 is 0. The molecule has 0 aliphatic rings. The highest BCUT2D eigenvalue weighted by Gasteiger charge is 2.29. The van der Waals surface area contributed by atoms with Gasteiger partial charge in [-0.2, -0.15) is 5.10 Å². The van der Waals surface area contributed by atoms with E-state index >= 15 is 0 Å². The van der Waals surface area contributed by atoms with E-state index in [4.69, 9.17) is 4.74 Å². The molecule has 5 heteroatoms. The summed E-state index contributed by atoms with van der Waals surface area (Å²) in [5.74, 6) is 0.0557. The fourth-order valence-electron chi connectivity index (χ4n) is 1.94. The van der Waals surface area contributed by atoms with Gasteiger partial charge >= 0.3 is 0 Å². The number of ketones is 1. The number of methoxy groups -OCH3 is 1. The molecule has 0 saturated heterocycles. The van der Waals surface area contributed by atoms with Crippen molar-refractivity contribution in [3.63, 3.8) is 0 Å². The highest BCUT2D eigenvalue weighted by atomic mass is 16.5. The SMILES string of the molecule is CCC(CC)C(O)C(=O)c1c(OC)cnn1C. The number of nitrogens with zero attached hydrogens (tertiary/aromatic N) is 2. The maximum absolute atomic E-state index is 12.2. The largest absolute Gasteiger partial charge is 0.493 e.